The van der Waals surface area contributed by atoms with Crippen molar-refractivity contribution in [2.24, 2.45) is 0 Å². The molecule has 52 heavy (non-hydrogen) atoms. The second-order valence-electron chi connectivity index (χ2n) is 14.9. The van der Waals surface area contributed by atoms with Gasteiger partial charge in [-0.15, -0.1) is 0 Å². The number of nitrogens with zero attached hydrogens (tertiary/aromatic N) is 2. The van der Waals surface area contributed by atoms with Crippen LogP contribution in [0.15, 0.2) is 146 Å². The van der Waals surface area contributed by atoms with E-state index in [2.05, 4.69) is 169 Å². The number of hydrogen-bond donors (Lipinski definition) is 0. The molecule has 0 amide bonds. The van der Waals surface area contributed by atoms with Crippen molar-refractivity contribution >= 4 is 55.1 Å². The van der Waals surface area contributed by atoms with E-state index in [4.69, 9.17) is 0 Å². The van der Waals surface area contributed by atoms with Gasteiger partial charge in [0.2, 0.25) is 0 Å². The Bertz CT molecular complexity index is 2660. The first kappa shape index (κ1) is 30.9. The second kappa shape index (κ2) is 12.4. The predicted molar refractivity (Wildman–Crippen MR) is 223 cm³/mol. The van der Waals surface area contributed by atoms with E-state index in [0.29, 0.717) is 0 Å². The van der Waals surface area contributed by atoms with Crippen molar-refractivity contribution in [2.75, 3.05) is 22.9 Å². The molecular formula is C50H42N2. The van der Waals surface area contributed by atoms with E-state index in [1.165, 1.54) is 99.6 Å². The molecule has 2 aliphatic rings. The van der Waals surface area contributed by atoms with Crippen LogP contribution in [0.4, 0.5) is 22.7 Å². The number of anilines is 4. The fourth-order valence-corrected chi connectivity index (χ4v) is 9.23. The molecular weight excluding hydrogens is 629 g/mol. The monoisotopic (exact) mass is 670 g/mol. The molecule has 0 atom stereocenters. The summed E-state index contributed by atoms with van der Waals surface area (Å²) in [5.74, 6) is 0. The Balaban J connectivity index is 1.30. The molecule has 8 aromatic carbocycles. The van der Waals surface area contributed by atoms with Gasteiger partial charge in [-0.3, -0.25) is 0 Å². The molecule has 0 bridgehead atoms. The molecule has 0 fully saturated rings. The summed E-state index contributed by atoms with van der Waals surface area (Å²) in [4.78, 5) is 5.08. The maximum atomic E-state index is 2.54. The summed E-state index contributed by atoms with van der Waals surface area (Å²) in [5.41, 5.74) is 15.8. The molecule has 0 radical (unpaired) electrons. The fourth-order valence-electron chi connectivity index (χ4n) is 9.23. The van der Waals surface area contributed by atoms with E-state index in [-0.39, 0.29) is 0 Å². The van der Waals surface area contributed by atoms with Gasteiger partial charge < -0.3 is 9.80 Å². The Kier molecular flexibility index (Phi) is 7.39. The maximum Gasteiger partial charge on any atom is 0.0443 e. The zero-order valence-corrected chi connectivity index (χ0v) is 30.0. The first-order chi connectivity index (χ1) is 25.6. The molecule has 0 aromatic heterocycles. The Morgan fingerprint density at radius 1 is 0.404 bits per heavy atom. The lowest BCUT2D eigenvalue weighted by Crippen LogP contribution is -2.24. The van der Waals surface area contributed by atoms with Crippen LogP contribution >= 0.6 is 0 Å². The van der Waals surface area contributed by atoms with Crippen LogP contribution in [-0.4, -0.2) is 13.1 Å². The van der Waals surface area contributed by atoms with Crippen molar-refractivity contribution in [2.45, 2.75) is 39.5 Å². The number of para-hydroxylation sites is 2. The summed E-state index contributed by atoms with van der Waals surface area (Å²) in [5, 5.41) is 7.73. The highest BCUT2D eigenvalue weighted by Crippen LogP contribution is 2.48. The summed E-state index contributed by atoms with van der Waals surface area (Å²) in [6.45, 7) is 6.50. The standard InChI is InChI=1S/C50H42N2/c1-33-27-34(2)29-40(28-33)50-44-24-22-41(51-25-9-15-36-12-5-7-17-47(36)51)31-45(44)49(39-20-19-35-11-3-4-14-38(35)30-39)43-23-21-42(32-46(43)50)52-26-10-16-37-13-6-8-18-48(37)52/h3-8,11-14,17-24,27-32H,9-10,15-16,25-26H2,1-2H3. The molecule has 2 aliphatic heterocycles. The van der Waals surface area contributed by atoms with Gasteiger partial charge in [-0.25, -0.2) is 0 Å². The van der Waals surface area contributed by atoms with Crippen molar-refractivity contribution in [3.8, 4) is 22.3 Å². The molecule has 0 spiro atoms. The average molecular weight is 671 g/mol. The Hall–Kier alpha value is -5.86. The molecule has 2 heterocycles. The minimum atomic E-state index is 1.02. The van der Waals surface area contributed by atoms with Crippen molar-refractivity contribution < 1.29 is 0 Å². The van der Waals surface area contributed by atoms with Crippen molar-refractivity contribution in [1.29, 1.82) is 0 Å². The quantitative estimate of drug-likeness (QED) is 0.172. The SMILES string of the molecule is Cc1cc(C)cc(-c2c3ccc(N4CCCc5ccccc54)cc3c(-c3ccc4ccccc4c3)c3ccc(N4CCCc5ccccc54)cc23)c1. The highest BCUT2D eigenvalue weighted by atomic mass is 15.1. The van der Waals surface area contributed by atoms with Crippen LogP contribution in [-0.2, 0) is 12.8 Å². The van der Waals surface area contributed by atoms with Gasteiger partial charge in [0.15, 0.2) is 0 Å². The summed E-state index contributed by atoms with van der Waals surface area (Å²) in [6.07, 6.45) is 4.57. The summed E-state index contributed by atoms with van der Waals surface area (Å²) in [7, 11) is 0. The molecule has 252 valence electrons. The highest BCUT2D eigenvalue weighted by molar-refractivity contribution is 6.23. The lowest BCUT2D eigenvalue weighted by molar-refractivity contribution is 0.767. The van der Waals surface area contributed by atoms with Gasteiger partial charge in [0.1, 0.15) is 0 Å². The van der Waals surface area contributed by atoms with Crippen molar-refractivity contribution in [3.63, 3.8) is 0 Å². The van der Waals surface area contributed by atoms with E-state index in [9.17, 15) is 0 Å². The number of benzene rings is 8. The van der Waals surface area contributed by atoms with Gasteiger partial charge in [0.25, 0.3) is 0 Å². The Morgan fingerprint density at radius 2 is 0.923 bits per heavy atom. The lowest BCUT2D eigenvalue weighted by Gasteiger charge is -2.32. The number of fused-ring (bicyclic) bond motifs is 5. The van der Waals surface area contributed by atoms with Crippen molar-refractivity contribution in [3.05, 3.63) is 168 Å². The largest absolute Gasteiger partial charge is 0.341 e. The first-order valence-corrected chi connectivity index (χ1v) is 18.9. The molecule has 2 heteroatoms. The molecule has 0 aliphatic carbocycles. The van der Waals surface area contributed by atoms with Crippen LogP contribution in [0, 0.1) is 13.8 Å². The zero-order chi connectivity index (χ0) is 34.8. The zero-order valence-electron chi connectivity index (χ0n) is 30.0. The van der Waals surface area contributed by atoms with E-state index >= 15 is 0 Å². The van der Waals surface area contributed by atoms with Gasteiger partial charge in [-0.2, -0.15) is 0 Å². The summed E-state index contributed by atoms with van der Waals surface area (Å²) < 4.78 is 0. The van der Waals surface area contributed by atoms with Crippen LogP contribution in [0.25, 0.3) is 54.6 Å². The Labute approximate surface area is 306 Å². The Morgan fingerprint density at radius 3 is 1.52 bits per heavy atom. The molecule has 0 N–H and O–H groups in total. The van der Waals surface area contributed by atoms with Crippen LogP contribution in [0.3, 0.4) is 0 Å². The van der Waals surface area contributed by atoms with Crippen LogP contribution in [0.5, 0.6) is 0 Å². The van der Waals surface area contributed by atoms with Gasteiger partial charge in [0, 0.05) is 35.8 Å². The van der Waals surface area contributed by atoms with Gasteiger partial charge in [-0.1, -0.05) is 114 Å². The van der Waals surface area contributed by atoms with Crippen LogP contribution < -0.4 is 9.80 Å². The number of hydrogen-bond acceptors (Lipinski definition) is 2. The smallest absolute Gasteiger partial charge is 0.0443 e. The summed E-state index contributed by atoms with van der Waals surface area (Å²) >= 11 is 0. The number of rotatable bonds is 4. The van der Waals surface area contributed by atoms with Crippen LogP contribution in [0.1, 0.15) is 35.1 Å². The van der Waals surface area contributed by atoms with E-state index in [1.54, 1.807) is 0 Å². The normalized spacial score (nSPS) is 14.2. The van der Waals surface area contributed by atoms with E-state index < -0.39 is 0 Å². The number of aryl methyl sites for hydroxylation is 4. The van der Waals surface area contributed by atoms with Gasteiger partial charge in [0.05, 0.1) is 0 Å². The maximum absolute atomic E-state index is 2.54. The van der Waals surface area contributed by atoms with Crippen LogP contribution in [0.2, 0.25) is 0 Å². The van der Waals surface area contributed by atoms with Gasteiger partial charge >= 0.3 is 0 Å². The van der Waals surface area contributed by atoms with Crippen molar-refractivity contribution in [1.82, 2.24) is 0 Å². The third-order valence-electron chi connectivity index (χ3n) is 11.5. The topological polar surface area (TPSA) is 6.48 Å². The minimum Gasteiger partial charge on any atom is -0.341 e. The third-order valence-corrected chi connectivity index (χ3v) is 11.5. The lowest BCUT2D eigenvalue weighted by atomic mass is 9.84. The molecule has 0 saturated carbocycles. The molecule has 10 rings (SSSR count). The molecule has 0 saturated heterocycles. The highest BCUT2D eigenvalue weighted by Gasteiger charge is 2.24. The fraction of sp³-hybridized carbons (Fsp3) is 0.160. The second-order valence-corrected chi connectivity index (χ2v) is 14.9. The van der Waals surface area contributed by atoms with E-state index in [1.807, 2.05) is 0 Å². The average Bonchev–Trinajstić information content (AvgIpc) is 3.18. The summed E-state index contributed by atoms with van der Waals surface area (Å²) in [6, 6.07) is 55.3. The molecule has 8 aromatic rings. The molecule has 2 nitrogen and oxygen atoms in total. The molecule has 0 unspecified atom stereocenters. The predicted octanol–water partition coefficient (Wildman–Crippen LogP) is 13.3. The first-order valence-electron chi connectivity index (χ1n) is 18.9. The van der Waals surface area contributed by atoms with Gasteiger partial charge in [-0.05, 0) is 148 Å². The minimum absolute atomic E-state index is 1.02. The third kappa shape index (κ3) is 5.16. The van der Waals surface area contributed by atoms with E-state index in [0.717, 1.165) is 38.8 Å².